The molecule has 0 aliphatic rings. The van der Waals surface area contributed by atoms with E-state index in [0.717, 1.165) is 0 Å². The molecule has 2 N–H and O–H groups in total. The molecule has 1 rings (SSSR count). The summed E-state index contributed by atoms with van der Waals surface area (Å²) >= 11 is 3.79. The molecule has 0 bridgehead atoms. The Morgan fingerprint density at radius 2 is 1.80 bits per heavy atom. The van der Waals surface area contributed by atoms with E-state index >= 15 is 0 Å². The second kappa shape index (κ2) is 7.11. The van der Waals surface area contributed by atoms with Crippen molar-refractivity contribution >= 4 is 67.9 Å². The summed E-state index contributed by atoms with van der Waals surface area (Å²) in [6, 6.07) is 5.92. The number of thiol groups is 1. The molecule has 0 spiro atoms. The summed E-state index contributed by atoms with van der Waals surface area (Å²) in [6.45, 7) is 0. The molecule has 4 nitrogen and oxygen atoms in total. The van der Waals surface area contributed by atoms with Gasteiger partial charge in [-0.1, -0.05) is 0 Å². The Morgan fingerprint density at radius 1 is 1.27 bits per heavy atom. The summed E-state index contributed by atoms with van der Waals surface area (Å²) in [7, 11) is 0. The number of hydrogen-bond donors (Lipinski definition) is 3. The third kappa shape index (κ3) is 4.88. The minimum atomic E-state index is -0.989. The van der Waals surface area contributed by atoms with E-state index in [1.54, 1.807) is 0 Å². The number of amides is 1. The number of carboxylic acids is 1. The van der Waals surface area contributed by atoms with Crippen LogP contribution < -0.4 is 5.32 Å². The molecule has 0 radical (unpaired) electrons. The maximum atomic E-state index is 10.9. The summed E-state index contributed by atoms with van der Waals surface area (Å²) in [5.74, 6) is -1.12. The molecule has 1 aromatic rings. The molecular formula is C9H11CaNO3S. The van der Waals surface area contributed by atoms with Crippen LogP contribution in [0.4, 0.5) is 5.69 Å². The van der Waals surface area contributed by atoms with E-state index in [1.165, 1.54) is 24.3 Å². The van der Waals surface area contributed by atoms with Gasteiger partial charge in [0.2, 0.25) is 5.91 Å². The number of nitrogens with one attached hydrogen (secondary N) is 1. The van der Waals surface area contributed by atoms with Gasteiger partial charge in [-0.2, -0.15) is 12.6 Å². The van der Waals surface area contributed by atoms with Crippen LogP contribution in [0.15, 0.2) is 24.3 Å². The average molecular weight is 253 g/mol. The summed E-state index contributed by atoms with van der Waals surface area (Å²) < 4.78 is 0. The zero-order valence-electron chi connectivity index (χ0n) is 7.23. The van der Waals surface area contributed by atoms with Crippen LogP contribution in [0.5, 0.6) is 0 Å². The van der Waals surface area contributed by atoms with Gasteiger partial charge in [-0.15, -0.1) is 0 Å². The van der Waals surface area contributed by atoms with Crippen LogP contribution in [-0.4, -0.2) is 60.5 Å². The number of carbonyl (C=O) groups excluding carboxylic acids is 1. The number of carbonyl (C=O) groups is 2. The van der Waals surface area contributed by atoms with Crippen molar-refractivity contribution in [1.82, 2.24) is 0 Å². The fourth-order valence-electron chi connectivity index (χ4n) is 0.897. The Balaban J connectivity index is 0.00000196. The summed E-state index contributed by atoms with van der Waals surface area (Å²) in [5.41, 5.74) is 0.753. The summed E-state index contributed by atoms with van der Waals surface area (Å²) in [6.07, 6.45) is 0. The number of rotatable bonds is 3. The van der Waals surface area contributed by atoms with Crippen molar-refractivity contribution in [2.75, 3.05) is 11.1 Å². The quantitative estimate of drug-likeness (QED) is 0.537. The normalized spacial score (nSPS) is 8.87. The fraction of sp³-hybridized carbons (Fsp3) is 0.111. The van der Waals surface area contributed by atoms with Gasteiger partial charge in [0.25, 0.3) is 0 Å². The van der Waals surface area contributed by atoms with E-state index in [9.17, 15) is 9.59 Å². The van der Waals surface area contributed by atoms with Crippen molar-refractivity contribution in [3.8, 4) is 0 Å². The van der Waals surface area contributed by atoms with Gasteiger partial charge in [-0.25, -0.2) is 4.79 Å². The monoisotopic (exact) mass is 253 g/mol. The first-order chi connectivity index (χ1) is 6.63. The second-order valence-electron chi connectivity index (χ2n) is 2.59. The van der Waals surface area contributed by atoms with Crippen LogP contribution in [0, 0.1) is 0 Å². The number of hydrogen-bond acceptors (Lipinski definition) is 3. The predicted octanol–water partition coefficient (Wildman–Crippen LogP) is 0.337. The van der Waals surface area contributed by atoms with Gasteiger partial charge in [-0.05, 0) is 24.3 Å². The molecule has 0 saturated carbocycles. The van der Waals surface area contributed by atoms with Gasteiger partial charge in [0.05, 0.1) is 11.3 Å². The van der Waals surface area contributed by atoms with Gasteiger partial charge in [0.15, 0.2) is 0 Å². The predicted molar refractivity (Wildman–Crippen MR) is 64.4 cm³/mol. The number of benzene rings is 1. The SMILES string of the molecule is O=C(CS)Nc1ccc(C(=O)O)cc1.[CaH2]. The molecular weight excluding hydrogens is 242 g/mol. The molecule has 1 aromatic carbocycles. The van der Waals surface area contributed by atoms with E-state index in [1.807, 2.05) is 0 Å². The molecule has 78 valence electrons. The Labute approximate surface area is 122 Å². The van der Waals surface area contributed by atoms with Crippen LogP contribution in [0.3, 0.4) is 0 Å². The molecule has 15 heavy (non-hydrogen) atoms. The first-order valence-electron chi connectivity index (χ1n) is 3.87. The van der Waals surface area contributed by atoms with Gasteiger partial charge < -0.3 is 10.4 Å². The number of aromatic carboxylic acids is 1. The summed E-state index contributed by atoms with van der Waals surface area (Å²) in [5, 5.41) is 11.2. The van der Waals surface area contributed by atoms with Crippen LogP contribution in [0.25, 0.3) is 0 Å². The van der Waals surface area contributed by atoms with E-state index in [-0.39, 0.29) is 55.0 Å². The number of anilines is 1. The third-order valence-corrected chi connectivity index (χ3v) is 1.85. The molecule has 1 amide bonds. The Hall–Kier alpha value is -0.230. The van der Waals surface area contributed by atoms with Gasteiger partial charge in [0, 0.05) is 5.69 Å². The van der Waals surface area contributed by atoms with Gasteiger partial charge >= 0.3 is 43.7 Å². The zero-order chi connectivity index (χ0) is 10.6. The minimum absolute atomic E-state index is 0. The van der Waals surface area contributed by atoms with E-state index < -0.39 is 5.97 Å². The summed E-state index contributed by atoms with van der Waals surface area (Å²) in [4.78, 5) is 21.4. The van der Waals surface area contributed by atoms with E-state index in [2.05, 4.69) is 17.9 Å². The van der Waals surface area contributed by atoms with Crippen molar-refractivity contribution < 1.29 is 14.7 Å². The zero-order valence-corrected chi connectivity index (χ0v) is 8.12. The average Bonchev–Trinajstić information content (AvgIpc) is 2.18. The molecule has 0 heterocycles. The molecule has 0 atom stereocenters. The van der Waals surface area contributed by atoms with Crippen LogP contribution in [0.1, 0.15) is 10.4 Å². The number of carboxylic acid groups (broad SMARTS) is 1. The van der Waals surface area contributed by atoms with Crippen LogP contribution in [0.2, 0.25) is 0 Å². The topological polar surface area (TPSA) is 66.4 Å². The first-order valence-corrected chi connectivity index (χ1v) is 4.51. The second-order valence-corrected chi connectivity index (χ2v) is 2.91. The van der Waals surface area contributed by atoms with Gasteiger partial charge in [-0.3, -0.25) is 4.79 Å². The fourth-order valence-corrected chi connectivity index (χ4v) is 0.976. The molecule has 0 saturated heterocycles. The van der Waals surface area contributed by atoms with Crippen LogP contribution >= 0.6 is 12.6 Å². The van der Waals surface area contributed by atoms with Crippen molar-refractivity contribution in [2.24, 2.45) is 0 Å². The standard InChI is InChI=1S/C9H9NO3S.Ca.2H/c11-8(5-14)10-7-3-1-6(2-4-7)9(12)13;;;/h1-4,14H,5H2,(H,10,11)(H,12,13);;;. The Kier molecular flexibility index (Phi) is 7.00. The molecule has 0 aromatic heterocycles. The Morgan fingerprint density at radius 3 is 2.20 bits per heavy atom. The molecule has 0 unspecified atom stereocenters. The van der Waals surface area contributed by atoms with Crippen molar-refractivity contribution in [2.45, 2.75) is 0 Å². The molecule has 0 fully saturated rings. The maximum absolute atomic E-state index is 10.9. The molecule has 6 heteroatoms. The molecule has 0 aliphatic carbocycles. The Bertz CT molecular complexity index is 353. The van der Waals surface area contributed by atoms with Gasteiger partial charge in [0.1, 0.15) is 0 Å². The van der Waals surface area contributed by atoms with Crippen molar-refractivity contribution in [3.63, 3.8) is 0 Å². The molecule has 0 aliphatic heterocycles. The van der Waals surface area contributed by atoms with E-state index in [0.29, 0.717) is 5.69 Å². The van der Waals surface area contributed by atoms with Crippen LogP contribution in [-0.2, 0) is 4.79 Å². The third-order valence-electron chi connectivity index (χ3n) is 1.56. The van der Waals surface area contributed by atoms with Crippen molar-refractivity contribution in [1.29, 1.82) is 0 Å². The first kappa shape index (κ1) is 14.8. The van der Waals surface area contributed by atoms with Crippen molar-refractivity contribution in [3.05, 3.63) is 29.8 Å². The van der Waals surface area contributed by atoms with E-state index in [4.69, 9.17) is 5.11 Å².